The average molecular weight is 444 g/mol. The van der Waals surface area contributed by atoms with Crippen molar-refractivity contribution in [3.63, 3.8) is 0 Å². The van der Waals surface area contributed by atoms with E-state index in [9.17, 15) is 4.79 Å². The first-order valence-electron chi connectivity index (χ1n) is 11.1. The Hall–Kier alpha value is -4.55. The van der Waals surface area contributed by atoms with Crippen molar-refractivity contribution in [3.05, 3.63) is 113 Å². The van der Waals surface area contributed by atoms with Crippen molar-refractivity contribution >= 4 is 16.6 Å². The molecule has 3 aromatic carbocycles. The number of nitrogens with two attached hydrogens (primary N) is 1. The van der Waals surface area contributed by atoms with Gasteiger partial charge in [0.2, 0.25) is 0 Å². The Morgan fingerprint density at radius 2 is 1.53 bits per heavy atom. The third-order valence-electron chi connectivity index (χ3n) is 6.07. The number of aromatic amines is 1. The molecular weight excluding hydrogens is 422 g/mol. The predicted octanol–water partition coefficient (Wildman–Crippen LogP) is 5.03. The summed E-state index contributed by atoms with van der Waals surface area (Å²) < 4.78 is 1.46. The summed E-state index contributed by atoms with van der Waals surface area (Å²) in [5.74, 6) is 0. The summed E-state index contributed by atoms with van der Waals surface area (Å²) in [5.41, 5.74) is 12.9. The van der Waals surface area contributed by atoms with Gasteiger partial charge in [0, 0.05) is 29.4 Å². The zero-order valence-corrected chi connectivity index (χ0v) is 18.3. The van der Waals surface area contributed by atoms with Gasteiger partial charge in [-0.05, 0) is 29.3 Å². The zero-order valence-electron chi connectivity index (χ0n) is 18.3. The van der Waals surface area contributed by atoms with Gasteiger partial charge in [-0.15, -0.1) is 0 Å². The third kappa shape index (κ3) is 3.20. The molecule has 0 amide bonds. The van der Waals surface area contributed by atoms with Gasteiger partial charge in [0.25, 0.3) is 5.56 Å². The van der Waals surface area contributed by atoms with Crippen LogP contribution in [0.3, 0.4) is 0 Å². The van der Waals surface area contributed by atoms with Crippen LogP contribution in [0.15, 0.2) is 102 Å². The molecule has 6 nitrogen and oxygen atoms in total. The molecule has 0 spiro atoms. The van der Waals surface area contributed by atoms with E-state index >= 15 is 0 Å². The van der Waals surface area contributed by atoms with Crippen LogP contribution in [-0.2, 0) is 6.54 Å². The summed E-state index contributed by atoms with van der Waals surface area (Å²) in [7, 11) is 0. The highest BCUT2D eigenvalue weighted by atomic mass is 16.1. The lowest BCUT2D eigenvalue weighted by Crippen LogP contribution is -2.21. The van der Waals surface area contributed by atoms with E-state index in [4.69, 9.17) is 10.8 Å². The second kappa shape index (κ2) is 8.10. The molecule has 0 aliphatic rings. The van der Waals surface area contributed by atoms with E-state index in [2.05, 4.69) is 9.97 Å². The van der Waals surface area contributed by atoms with Crippen LogP contribution in [0.4, 0.5) is 0 Å². The van der Waals surface area contributed by atoms with E-state index in [0.717, 1.165) is 38.9 Å². The monoisotopic (exact) mass is 443 g/mol. The van der Waals surface area contributed by atoms with Crippen molar-refractivity contribution < 1.29 is 0 Å². The zero-order chi connectivity index (χ0) is 23.1. The first kappa shape index (κ1) is 20.1. The minimum atomic E-state index is -0.211. The molecule has 6 heteroatoms. The van der Waals surface area contributed by atoms with Crippen LogP contribution in [-0.4, -0.2) is 19.6 Å². The molecule has 0 aliphatic heterocycles. The number of nitrogens with zero attached hydrogens (tertiary/aromatic N) is 3. The Kier molecular flexibility index (Phi) is 4.78. The molecule has 0 fully saturated rings. The Morgan fingerprint density at radius 1 is 0.794 bits per heavy atom. The smallest absolute Gasteiger partial charge is 0.282 e. The number of fused-ring (bicyclic) bond motifs is 2. The predicted molar refractivity (Wildman–Crippen MR) is 135 cm³/mol. The summed E-state index contributed by atoms with van der Waals surface area (Å²) >= 11 is 0. The van der Waals surface area contributed by atoms with Crippen LogP contribution in [0.2, 0.25) is 0 Å². The van der Waals surface area contributed by atoms with Gasteiger partial charge in [-0.3, -0.25) is 9.78 Å². The summed E-state index contributed by atoms with van der Waals surface area (Å²) in [6, 6.07) is 29.5. The molecule has 164 valence electrons. The average Bonchev–Trinajstić information content (AvgIpc) is 3.29. The van der Waals surface area contributed by atoms with E-state index in [0.29, 0.717) is 16.9 Å². The van der Waals surface area contributed by atoms with E-state index < -0.39 is 0 Å². The topological polar surface area (TPSA) is 89.1 Å². The molecule has 6 aromatic rings. The maximum atomic E-state index is 13.9. The SMILES string of the molecule is NCc1[nH]c2c(-c3ccccc3)c(-c3ccccc3)nn2c(=O)c1-c1ccc2ncccc2c1. The quantitative estimate of drug-likeness (QED) is 0.400. The van der Waals surface area contributed by atoms with Crippen molar-refractivity contribution in [1.82, 2.24) is 19.6 Å². The highest BCUT2D eigenvalue weighted by Gasteiger charge is 2.22. The summed E-state index contributed by atoms with van der Waals surface area (Å²) in [4.78, 5) is 21.7. The molecule has 3 N–H and O–H groups in total. The molecule has 3 aromatic heterocycles. The Balaban J connectivity index is 1.68. The first-order chi connectivity index (χ1) is 16.7. The molecule has 0 unspecified atom stereocenters. The van der Waals surface area contributed by atoms with Gasteiger partial charge in [-0.1, -0.05) is 72.8 Å². The summed E-state index contributed by atoms with van der Waals surface area (Å²) in [5, 5.41) is 5.76. The summed E-state index contributed by atoms with van der Waals surface area (Å²) in [6.45, 7) is 0.187. The van der Waals surface area contributed by atoms with Crippen molar-refractivity contribution in [2.75, 3.05) is 0 Å². The minimum absolute atomic E-state index is 0.187. The fourth-order valence-electron chi connectivity index (χ4n) is 4.48. The highest BCUT2D eigenvalue weighted by Crippen LogP contribution is 2.35. The lowest BCUT2D eigenvalue weighted by molar-refractivity contribution is 0.876. The van der Waals surface area contributed by atoms with Gasteiger partial charge >= 0.3 is 0 Å². The van der Waals surface area contributed by atoms with Crippen LogP contribution in [0.1, 0.15) is 5.69 Å². The molecule has 0 saturated carbocycles. The van der Waals surface area contributed by atoms with Gasteiger partial charge in [0.1, 0.15) is 11.3 Å². The van der Waals surface area contributed by atoms with Crippen LogP contribution in [0.5, 0.6) is 0 Å². The number of nitrogens with one attached hydrogen (secondary N) is 1. The number of hydrogen-bond acceptors (Lipinski definition) is 4. The fraction of sp³-hybridized carbons (Fsp3) is 0.0357. The molecule has 0 aliphatic carbocycles. The molecule has 0 saturated heterocycles. The van der Waals surface area contributed by atoms with Gasteiger partial charge in [0.15, 0.2) is 0 Å². The van der Waals surface area contributed by atoms with Gasteiger partial charge in [0.05, 0.1) is 16.6 Å². The largest absolute Gasteiger partial charge is 0.341 e. The van der Waals surface area contributed by atoms with Gasteiger partial charge in [-0.25, -0.2) is 0 Å². The fourth-order valence-corrected chi connectivity index (χ4v) is 4.48. The van der Waals surface area contributed by atoms with Crippen LogP contribution in [0, 0.1) is 0 Å². The van der Waals surface area contributed by atoms with Crippen LogP contribution in [0.25, 0.3) is 50.1 Å². The minimum Gasteiger partial charge on any atom is -0.341 e. The highest BCUT2D eigenvalue weighted by molar-refractivity contribution is 5.91. The molecule has 6 rings (SSSR count). The second-order valence-corrected chi connectivity index (χ2v) is 8.11. The lowest BCUT2D eigenvalue weighted by Gasteiger charge is -2.10. The first-order valence-corrected chi connectivity index (χ1v) is 11.1. The molecule has 0 radical (unpaired) electrons. The molecule has 34 heavy (non-hydrogen) atoms. The normalized spacial score (nSPS) is 11.3. The van der Waals surface area contributed by atoms with Crippen molar-refractivity contribution in [2.45, 2.75) is 6.54 Å². The van der Waals surface area contributed by atoms with E-state index in [1.807, 2.05) is 91.0 Å². The van der Waals surface area contributed by atoms with E-state index in [1.165, 1.54) is 4.52 Å². The molecule has 0 bridgehead atoms. The van der Waals surface area contributed by atoms with Crippen LogP contribution < -0.4 is 11.3 Å². The lowest BCUT2D eigenvalue weighted by atomic mass is 10.0. The molecule has 3 heterocycles. The number of hydrogen-bond donors (Lipinski definition) is 2. The van der Waals surface area contributed by atoms with Crippen molar-refractivity contribution in [3.8, 4) is 33.5 Å². The number of H-pyrrole nitrogens is 1. The Labute approximate surface area is 195 Å². The third-order valence-corrected chi connectivity index (χ3v) is 6.07. The van der Waals surface area contributed by atoms with Crippen molar-refractivity contribution in [2.24, 2.45) is 5.73 Å². The number of aromatic nitrogens is 4. The van der Waals surface area contributed by atoms with E-state index in [1.54, 1.807) is 6.20 Å². The molecular formula is C28H21N5O. The second-order valence-electron chi connectivity index (χ2n) is 8.11. The number of rotatable bonds is 4. The van der Waals surface area contributed by atoms with Gasteiger partial charge in [-0.2, -0.15) is 9.61 Å². The molecule has 0 atom stereocenters. The van der Waals surface area contributed by atoms with Gasteiger partial charge < -0.3 is 10.7 Å². The standard InChI is InChI=1S/C28H21N5O/c29-17-23-24(21-13-14-22-20(16-21)12-7-15-30-22)28(34)33-27(31-23)25(18-8-3-1-4-9-18)26(32-33)19-10-5-2-6-11-19/h1-16,31H,17,29H2. The maximum absolute atomic E-state index is 13.9. The maximum Gasteiger partial charge on any atom is 0.282 e. The van der Waals surface area contributed by atoms with E-state index in [-0.39, 0.29) is 12.1 Å². The van der Waals surface area contributed by atoms with Crippen LogP contribution >= 0.6 is 0 Å². The van der Waals surface area contributed by atoms with Crippen molar-refractivity contribution in [1.29, 1.82) is 0 Å². The Morgan fingerprint density at radius 3 is 2.26 bits per heavy atom. The Bertz CT molecular complexity index is 1700. The number of pyridine rings is 1. The summed E-state index contributed by atoms with van der Waals surface area (Å²) in [6.07, 6.45) is 1.76. The number of benzene rings is 3.